The van der Waals surface area contributed by atoms with Crippen molar-refractivity contribution in [3.05, 3.63) is 69.9 Å². The molecule has 138 valence electrons. The van der Waals surface area contributed by atoms with Crippen molar-refractivity contribution in [3.63, 3.8) is 0 Å². The highest BCUT2D eigenvalue weighted by Gasteiger charge is 2.29. The molecule has 0 aromatic heterocycles. The first-order valence-corrected chi connectivity index (χ1v) is 9.18. The predicted molar refractivity (Wildman–Crippen MR) is 104 cm³/mol. The van der Waals surface area contributed by atoms with E-state index in [1.807, 2.05) is 6.07 Å². The zero-order chi connectivity index (χ0) is 19.2. The standard InChI is InChI=1S/C20H22BrFN2O2/c1-20(2,15-7-9-17(22)10-8-15)19(26)24-12-4-11-23-18(25)14-5-3-6-16(21)13-14/h3,5-10,13H,4,11-12H2,1-2H3,(H,23,25)(H,24,26). The quantitative estimate of drug-likeness (QED) is 0.669. The Kier molecular flexibility index (Phi) is 6.91. The third-order valence-electron chi connectivity index (χ3n) is 4.15. The molecule has 2 aromatic carbocycles. The Morgan fingerprint density at radius 3 is 2.35 bits per heavy atom. The van der Waals surface area contributed by atoms with Gasteiger partial charge in [0.15, 0.2) is 0 Å². The second-order valence-corrected chi connectivity index (χ2v) is 7.42. The van der Waals surface area contributed by atoms with E-state index < -0.39 is 5.41 Å². The minimum absolute atomic E-state index is 0.137. The molecule has 0 saturated heterocycles. The molecule has 0 aliphatic rings. The molecule has 26 heavy (non-hydrogen) atoms. The van der Waals surface area contributed by atoms with Gasteiger partial charge in [0, 0.05) is 23.1 Å². The van der Waals surface area contributed by atoms with Crippen LogP contribution < -0.4 is 10.6 Å². The fourth-order valence-corrected chi connectivity index (χ4v) is 2.84. The second-order valence-electron chi connectivity index (χ2n) is 6.51. The topological polar surface area (TPSA) is 58.2 Å². The van der Waals surface area contributed by atoms with E-state index in [1.54, 1.807) is 44.2 Å². The summed E-state index contributed by atoms with van der Waals surface area (Å²) in [4.78, 5) is 24.4. The molecule has 0 aliphatic heterocycles. The Morgan fingerprint density at radius 1 is 1.04 bits per heavy atom. The van der Waals surface area contributed by atoms with Crippen LogP contribution in [-0.4, -0.2) is 24.9 Å². The molecule has 0 aliphatic carbocycles. The highest BCUT2D eigenvalue weighted by atomic mass is 79.9. The highest BCUT2D eigenvalue weighted by Crippen LogP contribution is 2.23. The number of hydrogen-bond donors (Lipinski definition) is 2. The minimum atomic E-state index is -0.757. The van der Waals surface area contributed by atoms with E-state index in [4.69, 9.17) is 0 Å². The molecule has 0 atom stereocenters. The van der Waals surface area contributed by atoms with E-state index in [0.717, 1.165) is 10.0 Å². The van der Waals surface area contributed by atoms with Gasteiger partial charge in [0.2, 0.25) is 5.91 Å². The van der Waals surface area contributed by atoms with E-state index in [1.165, 1.54) is 12.1 Å². The Morgan fingerprint density at radius 2 is 1.69 bits per heavy atom. The van der Waals surface area contributed by atoms with Gasteiger partial charge in [-0.2, -0.15) is 0 Å². The van der Waals surface area contributed by atoms with Crippen LogP contribution in [0.4, 0.5) is 4.39 Å². The lowest BCUT2D eigenvalue weighted by Gasteiger charge is -2.24. The number of rotatable bonds is 7. The molecule has 2 rings (SSSR count). The Bertz CT molecular complexity index is 776. The van der Waals surface area contributed by atoms with Gasteiger partial charge in [-0.3, -0.25) is 9.59 Å². The molecule has 0 spiro atoms. The third kappa shape index (κ3) is 5.39. The maximum atomic E-state index is 13.0. The lowest BCUT2D eigenvalue weighted by Crippen LogP contribution is -2.41. The van der Waals surface area contributed by atoms with Gasteiger partial charge in [-0.25, -0.2) is 4.39 Å². The van der Waals surface area contributed by atoms with Crippen molar-refractivity contribution in [1.29, 1.82) is 0 Å². The summed E-state index contributed by atoms with van der Waals surface area (Å²) in [7, 11) is 0. The van der Waals surface area contributed by atoms with Crippen molar-refractivity contribution < 1.29 is 14.0 Å². The van der Waals surface area contributed by atoms with Crippen LogP contribution in [-0.2, 0) is 10.2 Å². The van der Waals surface area contributed by atoms with E-state index in [-0.39, 0.29) is 17.6 Å². The summed E-state index contributed by atoms with van der Waals surface area (Å²) in [5.74, 6) is -0.613. The molecule has 2 N–H and O–H groups in total. The van der Waals surface area contributed by atoms with Crippen LogP contribution in [0.5, 0.6) is 0 Å². The van der Waals surface area contributed by atoms with Gasteiger partial charge in [-0.1, -0.05) is 34.1 Å². The Hall–Kier alpha value is -2.21. The van der Waals surface area contributed by atoms with Crippen molar-refractivity contribution in [2.75, 3.05) is 13.1 Å². The van der Waals surface area contributed by atoms with Gasteiger partial charge in [0.05, 0.1) is 5.41 Å². The normalized spacial score (nSPS) is 11.1. The largest absolute Gasteiger partial charge is 0.355 e. The monoisotopic (exact) mass is 420 g/mol. The van der Waals surface area contributed by atoms with Crippen molar-refractivity contribution in [2.45, 2.75) is 25.7 Å². The van der Waals surface area contributed by atoms with Crippen LogP contribution in [0.25, 0.3) is 0 Å². The lowest BCUT2D eigenvalue weighted by molar-refractivity contribution is -0.125. The van der Waals surface area contributed by atoms with Gasteiger partial charge >= 0.3 is 0 Å². The van der Waals surface area contributed by atoms with Crippen LogP contribution in [0, 0.1) is 5.82 Å². The van der Waals surface area contributed by atoms with Crippen LogP contribution in [0.15, 0.2) is 53.0 Å². The second kappa shape index (κ2) is 8.94. The average molecular weight is 421 g/mol. The molecule has 0 bridgehead atoms. The van der Waals surface area contributed by atoms with Crippen molar-refractivity contribution in [1.82, 2.24) is 10.6 Å². The van der Waals surface area contributed by atoms with Crippen molar-refractivity contribution >= 4 is 27.7 Å². The average Bonchev–Trinajstić information content (AvgIpc) is 2.61. The summed E-state index contributed by atoms with van der Waals surface area (Å²) in [6.07, 6.45) is 0.616. The summed E-state index contributed by atoms with van der Waals surface area (Å²) in [6, 6.07) is 13.1. The van der Waals surface area contributed by atoms with Crippen LogP contribution in [0.3, 0.4) is 0 Å². The summed E-state index contributed by atoms with van der Waals surface area (Å²) in [5, 5.41) is 5.69. The van der Waals surface area contributed by atoms with Crippen LogP contribution in [0.1, 0.15) is 36.2 Å². The summed E-state index contributed by atoms with van der Waals surface area (Å²) < 4.78 is 13.9. The SMILES string of the molecule is CC(C)(C(=O)NCCCNC(=O)c1cccc(Br)c1)c1ccc(F)cc1. The molecule has 2 amide bonds. The highest BCUT2D eigenvalue weighted by molar-refractivity contribution is 9.10. The number of benzene rings is 2. The fraction of sp³-hybridized carbons (Fsp3) is 0.300. The van der Waals surface area contributed by atoms with E-state index in [9.17, 15) is 14.0 Å². The summed E-state index contributed by atoms with van der Waals surface area (Å²) in [5.41, 5.74) is 0.577. The minimum Gasteiger partial charge on any atom is -0.355 e. The van der Waals surface area contributed by atoms with Crippen LogP contribution in [0.2, 0.25) is 0 Å². The van der Waals surface area contributed by atoms with E-state index >= 15 is 0 Å². The van der Waals surface area contributed by atoms with Gasteiger partial charge in [-0.05, 0) is 56.2 Å². The summed E-state index contributed by atoms with van der Waals surface area (Å²) in [6.45, 7) is 4.50. The maximum Gasteiger partial charge on any atom is 0.251 e. The zero-order valence-corrected chi connectivity index (χ0v) is 16.4. The van der Waals surface area contributed by atoms with Gasteiger partial charge in [0.25, 0.3) is 5.91 Å². The molecule has 0 unspecified atom stereocenters. The smallest absolute Gasteiger partial charge is 0.251 e. The van der Waals surface area contributed by atoms with Crippen LogP contribution >= 0.6 is 15.9 Å². The first kappa shape index (κ1) is 20.1. The van der Waals surface area contributed by atoms with Crippen molar-refractivity contribution in [2.24, 2.45) is 0 Å². The van der Waals surface area contributed by atoms with E-state index in [0.29, 0.717) is 25.1 Å². The Labute approximate surface area is 161 Å². The fourth-order valence-electron chi connectivity index (χ4n) is 2.44. The summed E-state index contributed by atoms with van der Waals surface area (Å²) >= 11 is 3.33. The molecular weight excluding hydrogens is 399 g/mol. The molecular formula is C20H22BrFN2O2. The van der Waals surface area contributed by atoms with E-state index in [2.05, 4.69) is 26.6 Å². The first-order valence-electron chi connectivity index (χ1n) is 8.39. The molecule has 4 nitrogen and oxygen atoms in total. The number of carbonyl (C=O) groups excluding carboxylic acids is 2. The molecule has 0 fully saturated rings. The maximum absolute atomic E-state index is 13.0. The number of carbonyl (C=O) groups is 2. The predicted octanol–water partition coefficient (Wildman–Crippen LogP) is 3.80. The van der Waals surface area contributed by atoms with Crippen molar-refractivity contribution in [3.8, 4) is 0 Å². The number of nitrogens with one attached hydrogen (secondary N) is 2. The first-order chi connectivity index (χ1) is 12.3. The molecule has 0 heterocycles. The molecule has 2 aromatic rings. The van der Waals surface area contributed by atoms with Gasteiger partial charge in [0.1, 0.15) is 5.82 Å². The molecule has 6 heteroatoms. The molecule has 0 radical (unpaired) electrons. The third-order valence-corrected chi connectivity index (χ3v) is 4.64. The molecule has 0 saturated carbocycles. The lowest BCUT2D eigenvalue weighted by atomic mass is 9.83. The zero-order valence-electron chi connectivity index (χ0n) is 14.8. The van der Waals surface area contributed by atoms with Gasteiger partial charge < -0.3 is 10.6 Å². The number of hydrogen-bond acceptors (Lipinski definition) is 2. The number of halogens is 2. The van der Waals surface area contributed by atoms with Gasteiger partial charge in [-0.15, -0.1) is 0 Å². The Balaban J connectivity index is 1.76. The number of amides is 2.